The number of benzene rings is 1. The number of nitrogens with two attached hydrogens (primary N) is 1. The van der Waals surface area contributed by atoms with E-state index >= 15 is 0 Å². The lowest BCUT2D eigenvalue weighted by Crippen LogP contribution is -2.35. The van der Waals surface area contributed by atoms with Crippen LogP contribution in [0.15, 0.2) is 23.2 Å². The van der Waals surface area contributed by atoms with Crippen LogP contribution in [0.1, 0.15) is 26.7 Å². The number of guanidine groups is 1. The van der Waals surface area contributed by atoms with Crippen molar-refractivity contribution >= 4 is 23.2 Å². The number of ether oxygens (including phenoxy) is 2. The second-order valence-electron chi connectivity index (χ2n) is 6.17. The predicted molar refractivity (Wildman–Crippen MR) is 90.9 cm³/mol. The first kappa shape index (κ1) is 16.9. The van der Waals surface area contributed by atoms with Gasteiger partial charge in [0.15, 0.2) is 5.96 Å². The molecule has 1 atom stereocenters. The molecule has 22 heavy (non-hydrogen) atoms. The zero-order chi connectivity index (χ0) is 16.2. The zero-order valence-electron chi connectivity index (χ0n) is 13.4. The second kappa shape index (κ2) is 7.20. The molecule has 1 aromatic rings. The Hall–Kier alpha value is -1.46. The van der Waals surface area contributed by atoms with Gasteiger partial charge in [0.05, 0.1) is 17.7 Å². The van der Waals surface area contributed by atoms with Gasteiger partial charge in [0.25, 0.3) is 0 Å². The largest absolute Gasteiger partial charge is 0.495 e. The van der Waals surface area contributed by atoms with E-state index in [0.29, 0.717) is 29.2 Å². The van der Waals surface area contributed by atoms with Crippen LogP contribution in [0.25, 0.3) is 0 Å². The van der Waals surface area contributed by atoms with E-state index in [1.165, 1.54) is 0 Å². The highest BCUT2D eigenvalue weighted by molar-refractivity contribution is 6.32. The first-order valence-electron chi connectivity index (χ1n) is 7.44. The normalized spacial score (nSPS) is 21.5. The molecule has 6 heteroatoms. The second-order valence-corrected chi connectivity index (χ2v) is 6.57. The highest BCUT2D eigenvalue weighted by atomic mass is 35.5. The molecule has 0 saturated carbocycles. The summed E-state index contributed by atoms with van der Waals surface area (Å²) in [7, 11) is 1.58. The zero-order valence-corrected chi connectivity index (χ0v) is 14.1. The number of halogens is 1. The quantitative estimate of drug-likeness (QED) is 0.658. The fourth-order valence-corrected chi connectivity index (χ4v) is 2.93. The Kier molecular flexibility index (Phi) is 5.53. The van der Waals surface area contributed by atoms with Crippen LogP contribution in [0.4, 0.5) is 5.69 Å². The van der Waals surface area contributed by atoms with Crippen LogP contribution in [0.5, 0.6) is 5.75 Å². The number of rotatable bonds is 4. The molecule has 1 saturated heterocycles. The van der Waals surface area contributed by atoms with Crippen molar-refractivity contribution in [2.75, 3.05) is 25.6 Å². The molecule has 1 unspecified atom stereocenters. The fraction of sp³-hybridized carbons (Fsp3) is 0.562. The molecule has 0 spiro atoms. The third-order valence-electron chi connectivity index (χ3n) is 3.74. The van der Waals surface area contributed by atoms with Crippen LogP contribution in [0.2, 0.25) is 5.02 Å². The molecule has 122 valence electrons. The average Bonchev–Trinajstić information content (AvgIpc) is 2.44. The van der Waals surface area contributed by atoms with E-state index in [9.17, 15) is 0 Å². The lowest BCUT2D eigenvalue weighted by Gasteiger charge is -2.34. The number of methoxy groups -OCH3 is 1. The first-order chi connectivity index (χ1) is 10.4. The molecule has 0 radical (unpaired) electrons. The molecule has 2 rings (SSSR count). The Balaban J connectivity index is 1.91. The van der Waals surface area contributed by atoms with Gasteiger partial charge in [-0.3, -0.25) is 4.99 Å². The predicted octanol–water partition coefficient (Wildman–Crippen LogP) is 3.28. The van der Waals surface area contributed by atoms with Gasteiger partial charge in [-0.2, -0.15) is 0 Å². The molecule has 1 aliphatic rings. The molecular weight excluding hydrogens is 302 g/mol. The summed E-state index contributed by atoms with van der Waals surface area (Å²) in [4.78, 5) is 4.43. The monoisotopic (exact) mass is 325 g/mol. The van der Waals surface area contributed by atoms with Gasteiger partial charge >= 0.3 is 0 Å². The molecule has 5 nitrogen and oxygen atoms in total. The lowest BCUT2D eigenvalue weighted by molar-refractivity contribution is -0.0705. The first-order valence-corrected chi connectivity index (χ1v) is 7.82. The van der Waals surface area contributed by atoms with Gasteiger partial charge in [0.2, 0.25) is 0 Å². The smallest absolute Gasteiger partial charge is 0.193 e. The van der Waals surface area contributed by atoms with E-state index in [0.717, 1.165) is 25.1 Å². The van der Waals surface area contributed by atoms with Crippen molar-refractivity contribution in [1.29, 1.82) is 0 Å². The van der Waals surface area contributed by atoms with Gasteiger partial charge in [-0.05, 0) is 50.8 Å². The summed E-state index contributed by atoms with van der Waals surface area (Å²) in [6.45, 7) is 5.72. The van der Waals surface area contributed by atoms with E-state index in [-0.39, 0.29) is 5.60 Å². The maximum absolute atomic E-state index is 6.08. The van der Waals surface area contributed by atoms with Crippen LogP contribution in [0, 0.1) is 5.92 Å². The number of nitrogens with zero attached hydrogens (tertiary/aromatic N) is 1. The summed E-state index contributed by atoms with van der Waals surface area (Å²) in [6, 6.07) is 5.41. The van der Waals surface area contributed by atoms with Gasteiger partial charge < -0.3 is 20.5 Å². The lowest BCUT2D eigenvalue weighted by atomic mass is 9.88. The molecule has 0 aromatic heterocycles. The highest BCUT2D eigenvalue weighted by Crippen LogP contribution is 2.29. The van der Waals surface area contributed by atoms with Gasteiger partial charge in [-0.1, -0.05) is 11.6 Å². The highest BCUT2D eigenvalue weighted by Gasteiger charge is 2.28. The van der Waals surface area contributed by atoms with Crippen molar-refractivity contribution in [2.45, 2.75) is 32.3 Å². The summed E-state index contributed by atoms with van der Waals surface area (Å²) < 4.78 is 10.8. The molecule has 1 heterocycles. The summed E-state index contributed by atoms with van der Waals surface area (Å²) >= 11 is 6.08. The van der Waals surface area contributed by atoms with Crippen molar-refractivity contribution < 1.29 is 9.47 Å². The minimum atomic E-state index is -0.0653. The van der Waals surface area contributed by atoms with Crippen LogP contribution < -0.4 is 15.8 Å². The number of nitrogens with one attached hydrogen (secondary N) is 1. The summed E-state index contributed by atoms with van der Waals surface area (Å²) in [5.41, 5.74) is 6.67. The molecule has 1 aromatic carbocycles. The minimum Gasteiger partial charge on any atom is -0.495 e. The topological polar surface area (TPSA) is 68.9 Å². The summed E-state index contributed by atoms with van der Waals surface area (Å²) in [6.07, 6.45) is 2.02. The van der Waals surface area contributed by atoms with Gasteiger partial charge in [0, 0.05) is 18.8 Å². The van der Waals surface area contributed by atoms with Crippen LogP contribution in [0.3, 0.4) is 0 Å². The molecule has 1 fully saturated rings. The average molecular weight is 326 g/mol. The fourth-order valence-electron chi connectivity index (χ4n) is 2.67. The molecule has 0 aliphatic carbocycles. The van der Waals surface area contributed by atoms with Crippen molar-refractivity contribution in [3.63, 3.8) is 0 Å². The third-order valence-corrected chi connectivity index (χ3v) is 4.04. The van der Waals surface area contributed by atoms with Gasteiger partial charge in [0.1, 0.15) is 5.75 Å². The van der Waals surface area contributed by atoms with E-state index < -0.39 is 0 Å². The van der Waals surface area contributed by atoms with Crippen LogP contribution >= 0.6 is 11.6 Å². The van der Waals surface area contributed by atoms with Gasteiger partial charge in [-0.15, -0.1) is 0 Å². The Morgan fingerprint density at radius 1 is 1.55 bits per heavy atom. The maximum Gasteiger partial charge on any atom is 0.193 e. The van der Waals surface area contributed by atoms with E-state index in [2.05, 4.69) is 24.2 Å². The summed E-state index contributed by atoms with van der Waals surface area (Å²) in [5.74, 6) is 1.53. The minimum absolute atomic E-state index is 0.0653. The van der Waals surface area contributed by atoms with Crippen molar-refractivity contribution in [3.8, 4) is 5.75 Å². The molecule has 0 amide bonds. The standard InChI is InChI=1S/C16H24ClN3O2/c1-16(2)9-11(6-7-22-16)10-19-15(18)20-12-4-5-14(21-3)13(17)8-12/h4-5,8,11H,6-7,9-10H2,1-3H3,(H3,18,19,20). The molecule has 0 bridgehead atoms. The number of hydrogen-bond donors (Lipinski definition) is 2. The Bertz CT molecular complexity index is 546. The summed E-state index contributed by atoms with van der Waals surface area (Å²) in [5, 5.41) is 3.58. The Labute approximate surface area is 136 Å². The van der Waals surface area contributed by atoms with Crippen LogP contribution in [-0.4, -0.2) is 31.8 Å². The van der Waals surface area contributed by atoms with E-state index in [1.54, 1.807) is 19.2 Å². The number of anilines is 1. The molecule has 1 aliphatic heterocycles. The van der Waals surface area contributed by atoms with Crippen molar-refractivity contribution in [3.05, 3.63) is 23.2 Å². The van der Waals surface area contributed by atoms with E-state index in [1.807, 2.05) is 6.07 Å². The Morgan fingerprint density at radius 2 is 2.32 bits per heavy atom. The maximum atomic E-state index is 6.08. The number of aliphatic imine (C=N–C) groups is 1. The molecule has 3 N–H and O–H groups in total. The van der Waals surface area contributed by atoms with Crippen LogP contribution in [-0.2, 0) is 4.74 Å². The van der Waals surface area contributed by atoms with Gasteiger partial charge in [-0.25, -0.2) is 0 Å². The molecular formula is C16H24ClN3O2. The number of hydrogen-bond acceptors (Lipinski definition) is 3. The third kappa shape index (κ3) is 4.78. The Morgan fingerprint density at radius 3 is 2.95 bits per heavy atom. The van der Waals surface area contributed by atoms with Crippen molar-refractivity contribution in [2.24, 2.45) is 16.6 Å². The van der Waals surface area contributed by atoms with E-state index in [4.69, 9.17) is 26.8 Å². The van der Waals surface area contributed by atoms with Crippen molar-refractivity contribution in [1.82, 2.24) is 0 Å². The SMILES string of the molecule is COc1ccc(NC(N)=NCC2CCOC(C)(C)C2)cc1Cl.